The first-order valence-corrected chi connectivity index (χ1v) is 6.93. The Balaban J connectivity index is 2.28. The number of H-pyrrole nitrogens is 2. The van der Waals surface area contributed by atoms with E-state index >= 15 is 0 Å². The van der Waals surface area contributed by atoms with E-state index in [9.17, 15) is 14.4 Å². The summed E-state index contributed by atoms with van der Waals surface area (Å²) < 4.78 is 1.83. The second kappa shape index (κ2) is 5.70. The minimum atomic E-state index is -0.729. The van der Waals surface area contributed by atoms with Gasteiger partial charge in [-0.3, -0.25) is 14.6 Å². The molecular weight excluding hydrogens is 429 g/mol. The first-order chi connectivity index (χ1) is 8.97. The summed E-state index contributed by atoms with van der Waals surface area (Å²) in [7, 11) is 0. The molecule has 1 heterocycles. The van der Waals surface area contributed by atoms with Gasteiger partial charge in [0.2, 0.25) is 0 Å². The van der Waals surface area contributed by atoms with Crippen molar-refractivity contribution in [3.63, 3.8) is 0 Å². The van der Waals surface area contributed by atoms with E-state index in [0.717, 1.165) is 14.2 Å². The fraction of sp³-hybridized carbons (Fsp3) is 0. The van der Waals surface area contributed by atoms with Crippen LogP contribution < -0.4 is 16.6 Å². The molecule has 8 heteroatoms. The highest BCUT2D eigenvalue weighted by molar-refractivity contribution is 14.1. The van der Waals surface area contributed by atoms with Crippen LogP contribution in [0.3, 0.4) is 0 Å². The Morgan fingerprint density at radius 1 is 1.32 bits per heavy atom. The third-order valence-corrected chi connectivity index (χ3v) is 4.57. The van der Waals surface area contributed by atoms with Gasteiger partial charge in [-0.1, -0.05) is 0 Å². The zero-order chi connectivity index (χ0) is 14.0. The summed E-state index contributed by atoms with van der Waals surface area (Å²) in [6.07, 6.45) is 1.08. The zero-order valence-electron chi connectivity index (χ0n) is 9.29. The standard InChI is InChI=1S/C11H7BrIN3O3/c12-7-2-1-5(3-8(7)13)15-9(17)6-4-14-11(19)16-10(6)18/h1-4H,(H,15,17)(H2,14,16,18,19). The third-order valence-electron chi connectivity index (χ3n) is 2.24. The van der Waals surface area contributed by atoms with E-state index in [1.807, 2.05) is 4.98 Å². The topological polar surface area (TPSA) is 94.8 Å². The lowest BCUT2D eigenvalue weighted by Gasteiger charge is -2.05. The molecule has 0 atom stereocenters. The average molecular weight is 436 g/mol. The predicted octanol–water partition coefficient (Wildman–Crippen LogP) is 1.68. The number of aromatic nitrogens is 2. The molecule has 0 aliphatic carbocycles. The van der Waals surface area contributed by atoms with Crippen molar-refractivity contribution < 1.29 is 4.79 Å². The van der Waals surface area contributed by atoms with Gasteiger partial charge < -0.3 is 10.3 Å². The maximum absolute atomic E-state index is 11.9. The smallest absolute Gasteiger partial charge is 0.322 e. The molecule has 6 nitrogen and oxygen atoms in total. The summed E-state index contributed by atoms with van der Waals surface area (Å²) in [5.74, 6) is -0.587. The number of carbonyl (C=O) groups excluding carboxylic acids is 1. The number of halogens is 2. The van der Waals surface area contributed by atoms with Crippen LogP contribution in [0.15, 0.2) is 38.5 Å². The van der Waals surface area contributed by atoms with Gasteiger partial charge in [0, 0.05) is 19.9 Å². The maximum atomic E-state index is 11.9. The second-order valence-electron chi connectivity index (χ2n) is 3.57. The molecule has 0 saturated carbocycles. The van der Waals surface area contributed by atoms with Gasteiger partial charge in [0.1, 0.15) is 5.56 Å². The molecule has 1 aromatic carbocycles. The lowest BCUT2D eigenvalue weighted by atomic mass is 10.3. The maximum Gasteiger partial charge on any atom is 0.325 e. The van der Waals surface area contributed by atoms with Crippen LogP contribution in [0, 0.1) is 3.57 Å². The molecule has 0 spiro atoms. The summed E-state index contributed by atoms with van der Waals surface area (Å²) >= 11 is 5.45. The van der Waals surface area contributed by atoms with Crippen molar-refractivity contribution in [2.45, 2.75) is 0 Å². The van der Waals surface area contributed by atoms with Crippen molar-refractivity contribution in [3.05, 3.63) is 58.8 Å². The minimum absolute atomic E-state index is 0.155. The third kappa shape index (κ3) is 3.32. The van der Waals surface area contributed by atoms with Gasteiger partial charge in [0.15, 0.2) is 0 Å². The van der Waals surface area contributed by atoms with Crippen molar-refractivity contribution in [2.75, 3.05) is 5.32 Å². The summed E-state index contributed by atoms with van der Waals surface area (Å²) in [6, 6.07) is 5.24. The molecular formula is C11H7BrIN3O3. The van der Waals surface area contributed by atoms with E-state index in [2.05, 4.69) is 48.8 Å². The normalized spacial score (nSPS) is 10.2. The van der Waals surface area contributed by atoms with E-state index in [1.165, 1.54) is 0 Å². The second-order valence-corrected chi connectivity index (χ2v) is 5.59. The number of hydrogen-bond acceptors (Lipinski definition) is 3. The van der Waals surface area contributed by atoms with Crippen molar-refractivity contribution in [1.29, 1.82) is 0 Å². The van der Waals surface area contributed by atoms with Crippen LogP contribution in [0.1, 0.15) is 10.4 Å². The number of benzene rings is 1. The molecule has 0 aliphatic rings. The Bertz CT molecular complexity index is 753. The molecule has 0 fully saturated rings. The van der Waals surface area contributed by atoms with Crippen molar-refractivity contribution in [1.82, 2.24) is 9.97 Å². The van der Waals surface area contributed by atoms with E-state index in [-0.39, 0.29) is 5.56 Å². The van der Waals surface area contributed by atoms with Gasteiger partial charge in [0.25, 0.3) is 11.5 Å². The number of nitrogens with one attached hydrogen (secondary N) is 3. The van der Waals surface area contributed by atoms with Crippen molar-refractivity contribution in [3.8, 4) is 0 Å². The molecule has 0 unspecified atom stereocenters. The number of aromatic amines is 2. The Kier molecular flexibility index (Phi) is 4.20. The number of rotatable bonds is 2. The number of carbonyl (C=O) groups is 1. The van der Waals surface area contributed by atoms with Crippen molar-refractivity contribution in [2.24, 2.45) is 0 Å². The molecule has 0 saturated heterocycles. The highest BCUT2D eigenvalue weighted by Crippen LogP contribution is 2.22. The van der Waals surface area contributed by atoms with E-state index in [1.54, 1.807) is 18.2 Å². The SMILES string of the molecule is O=C(Nc1ccc(Br)c(I)c1)c1c[nH]c(=O)[nH]c1=O. The molecule has 98 valence electrons. The summed E-state index contributed by atoms with van der Waals surface area (Å²) in [5.41, 5.74) is -0.978. The Morgan fingerprint density at radius 2 is 2.05 bits per heavy atom. The number of anilines is 1. The molecule has 0 aliphatic heterocycles. The molecule has 3 N–H and O–H groups in total. The minimum Gasteiger partial charge on any atom is -0.322 e. The van der Waals surface area contributed by atoms with Crippen LogP contribution in [0.4, 0.5) is 5.69 Å². The Labute approximate surface area is 128 Å². The van der Waals surface area contributed by atoms with Crippen LogP contribution in [-0.4, -0.2) is 15.9 Å². The average Bonchev–Trinajstić information content (AvgIpc) is 2.33. The fourth-order valence-electron chi connectivity index (χ4n) is 1.35. The fourth-order valence-corrected chi connectivity index (χ4v) is 2.11. The molecule has 1 amide bonds. The molecule has 1 aromatic heterocycles. The van der Waals surface area contributed by atoms with Crippen LogP contribution in [0.5, 0.6) is 0 Å². The van der Waals surface area contributed by atoms with E-state index in [0.29, 0.717) is 5.69 Å². The number of amides is 1. The van der Waals surface area contributed by atoms with Gasteiger partial charge in [-0.15, -0.1) is 0 Å². The monoisotopic (exact) mass is 435 g/mol. The first-order valence-electron chi connectivity index (χ1n) is 5.06. The van der Waals surface area contributed by atoms with Gasteiger partial charge in [-0.25, -0.2) is 4.79 Å². The summed E-state index contributed by atoms with van der Waals surface area (Å²) in [4.78, 5) is 38.4. The Hall–Kier alpha value is -1.42. The summed E-state index contributed by atoms with van der Waals surface area (Å²) in [6.45, 7) is 0. The number of hydrogen-bond donors (Lipinski definition) is 3. The van der Waals surface area contributed by atoms with Crippen LogP contribution in [-0.2, 0) is 0 Å². The van der Waals surface area contributed by atoms with Gasteiger partial charge in [-0.05, 0) is 56.7 Å². The van der Waals surface area contributed by atoms with E-state index in [4.69, 9.17) is 0 Å². The van der Waals surface area contributed by atoms with Crippen molar-refractivity contribution >= 4 is 50.1 Å². The van der Waals surface area contributed by atoms with Crippen LogP contribution in [0.25, 0.3) is 0 Å². The lowest BCUT2D eigenvalue weighted by Crippen LogP contribution is -2.29. The largest absolute Gasteiger partial charge is 0.325 e. The van der Waals surface area contributed by atoms with E-state index < -0.39 is 17.2 Å². The van der Waals surface area contributed by atoms with Gasteiger partial charge in [-0.2, -0.15) is 0 Å². The van der Waals surface area contributed by atoms with Gasteiger partial charge >= 0.3 is 5.69 Å². The summed E-state index contributed by atoms with van der Waals surface area (Å²) in [5, 5.41) is 2.58. The molecule has 0 radical (unpaired) electrons. The molecule has 19 heavy (non-hydrogen) atoms. The molecule has 2 rings (SSSR count). The predicted molar refractivity (Wildman–Crippen MR) is 82.5 cm³/mol. The molecule has 0 bridgehead atoms. The van der Waals surface area contributed by atoms with Crippen LogP contribution >= 0.6 is 38.5 Å². The highest BCUT2D eigenvalue weighted by Gasteiger charge is 2.11. The first kappa shape index (κ1) is 14.0. The highest BCUT2D eigenvalue weighted by atomic mass is 127. The van der Waals surface area contributed by atoms with Gasteiger partial charge in [0.05, 0.1) is 0 Å². The van der Waals surface area contributed by atoms with Crippen LogP contribution in [0.2, 0.25) is 0 Å². The zero-order valence-corrected chi connectivity index (χ0v) is 13.0. The quantitative estimate of drug-likeness (QED) is 0.626. The lowest BCUT2D eigenvalue weighted by molar-refractivity contribution is 0.102. The Morgan fingerprint density at radius 3 is 2.68 bits per heavy atom. The molecule has 2 aromatic rings.